The van der Waals surface area contributed by atoms with Gasteiger partial charge in [-0.05, 0) is 89.0 Å². The van der Waals surface area contributed by atoms with Gasteiger partial charge in [0.1, 0.15) is 18.1 Å². The van der Waals surface area contributed by atoms with E-state index in [1.165, 1.54) is 0 Å². The summed E-state index contributed by atoms with van der Waals surface area (Å²) in [6.45, 7) is 3.49. The molecule has 0 aliphatic carbocycles. The summed E-state index contributed by atoms with van der Waals surface area (Å²) in [7, 11) is 0. The number of imidazole rings is 1. The van der Waals surface area contributed by atoms with Gasteiger partial charge in [0.15, 0.2) is 0 Å². The van der Waals surface area contributed by atoms with Gasteiger partial charge in [-0.15, -0.1) is 0 Å². The van der Waals surface area contributed by atoms with E-state index in [-0.39, 0.29) is 11.3 Å². The molecule has 5 rings (SSSR count). The summed E-state index contributed by atoms with van der Waals surface area (Å²) in [5, 5.41) is 11.3. The number of aliphatic hydroxyl groups excluding tert-OH is 1. The maximum absolute atomic E-state index is 13.3. The van der Waals surface area contributed by atoms with Crippen molar-refractivity contribution in [3.8, 4) is 5.75 Å². The lowest BCUT2D eigenvalue weighted by molar-refractivity contribution is -0.139. The van der Waals surface area contributed by atoms with Crippen LogP contribution in [0.25, 0.3) is 5.76 Å². The highest BCUT2D eigenvalue weighted by Gasteiger charge is 2.45. The molecule has 1 fully saturated rings. The van der Waals surface area contributed by atoms with Crippen molar-refractivity contribution in [3.63, 3.8) is 0 Å². The molecule has 0 saturated carbocycles. The number of aromatic nitrogens is 2. The second kappa shape index (κ2) is 11.9. The molecule has 1 aliphatic rings. The average Bonchev–Trinajstić information content (AvgIpc) is 3.55. The van der Waals surface area contributed by atoms with Gasteiger partial charge in [0.05, 0.1) is 17.9 Å². The molecule has 0 bridgehead atoms. The standard InChI is InChI=1S/C31H28IN3O4/c1-21-5-2-3-6-24(21)19-39-26-13-9-23(10-14-26)29(36)27-28(22-7-11-25(32)12-8-22)35(31(38)30(27)37)17-4-16-34-18-15-33-20-34/h2-3,5-15,18,20,28,36H,4,16-17,19H2,1H3/b29-27+. The minimum atomic E-state index is -0.682. The minimum absolute atomic E-state index is 0.0948. The molecule has 1 saturated heterocycles. The molecule has 39 heavy (non-hydrogen) atoms. The number of carbonyl (C=O) groups is 2. The van der Waals surface area contributed by atoms with Crippen LogP contribution in [-0.2, 0) is 22.7 Å². The molecule has 2 heterocycles. The first-order chi connectivity index (χ1) is 18.9. The summed E-state index contributed by atoms with van der Waals surface area (Å²) in [6.07, 6.45) is 5.92. The fourth-order valence-corrected chi connectivity index (χ4v) is 5.10. The summed E-state index contributed by atoms with van der Waals surface area (Å²) in [5.74, 6) is -0.842. The van der Waals surface area contributed by atoms with Gasteiger partial charge in [0.2, 0.25) is 0 Å². The Morgan fingerprint density at radius 2 is 1.74 bits per heavy atom. The molecule has 198 valence electrons. The Balaban J connectivity index is 1.41. The number of hydrogen-bond acceptors (Lipinski definition) is 5. The van der Waals surface area contributed by atoms with E-state index < -0.39 is 17.7 Å². The number of aliphatic hydroxyl groups is 1. The molecule has 1 aromatic heterocycles. The first-order valence-electron chi connectivity index (χ1n) is 12.7. The monoisotopic (exact) mass is 633 g/mol. The SMILES string of the molecule is Cc1ccccc1COc1ccc(/C(O)=C2\C(=O)C(=O)N(CCCn3ccnc3)C2c2ccc(I)cc2)cc1. The highest BCUT2D eigenvalue weighted by molar-refractivity contribution is 14.1. The molecule has 8 heteroatoms. The van der Waals surface area contributed by atoms with Crippen molar-refractivity contribution in [1.82, 2.24) is 14.5 Å². The predicted molar refractivity (Wildman–Crippen MR) is 157 cm³/mol. The molecule has 1 amide bonds. The topological polar surface area (TPSA) is 84.7 Å². The van der Waals surface area contributed by atoms with Gasteiger partial charge in [-0.3, -0.25) is 9.59 Å². The third-order valence-corrected chi connectivity index (χ3v) is 7.60. The van der Waals surface area contributed by atoms with Crippen LogP contribution in [0, 0.1) is 10.5 Å². The Morgan fingerprint density at radius 1 is 1.00 bits per heavy atom. The van der Waals surface area contributed by atoms with E-state index in [1.807, 2.05) is 66.2 Å². The lowest BCUT2D eigenvalue weighted by Gasteiger charge is -2.25. The Bertz CT molecular complexity index is 1500. The first kappa shape index (κ1) is 26.7. The van der Waals surface area contributed by atoms with Crippen LogP contribution in [0.5, 0.6) is 5.75 Å². The van der Waals surface area contributed by atoms with Crippen LogP contribution in [0.15, 0.2) is 97.1 Å². The zero-order valence-corrected chi connectivity index (χ0v) is 23.6. The third-order valence-electron chi connectivity index (χ3n) is 6.88. The lowest BCUT2D eigenvalue weighted by Crippen LogP contribution is -2.31. The maximum atomic E-state index is 13.3. The van der Waals surface area contributed by atoms with Gasteiger partial charge < -0.3 is 19.3 Å². The molecule has 0 radical (unpaired) electrons. The quantitative estimate of drug-likeness (QED) is 0.108. The number of halogens is 1. The minimum Gasteiger partial charge on any atom is -0.507 e. The zero-order chi connectivity index (χ0) is 27.4. The Morgan fingerprint density at radius 3 is 2.44 bits per heavy atom. The van der Waals surface area contributed by atoms with Gasteiger partial charge in [-0.2, -0.15) is 0 Å². The fourth-order valence-electron chi connectivity index (χ4n) is 4.74. The van der Waals surface area contributed by atoms with Crippen LogP contribution < -0.4 is 4.74 Å². The predicted octanol–water partition coefficient (Wildman–Crippen LogP) is 5.89. The van der Waals surface area contributed by atoms with Gasteiger partial charge in [-0.25, -0.2) is 4.98 Å². The number of rotatable bonds is 9. The average molecular weight is 633 g/mol. The number of carbonyl (C=O) groups excluding carboxylic acids is 2. The summed E-state index contributed by atoms with van der Waals surface area (Å²) in [5.41, 5.74) is 3.56. The van der Waals surface area contributed by atoms with E-state index in [4.69, 9.17) is 4.74 Å². The fraction of sp³-hybridized carbons (Fsp3) is 0.194. The smallest absolute Gasteiger partial charge is 0.295 e. The van der Waals surface area contributed by atoms with Crippen LogP contribution in [0.3, 0.4) is 0 Å². The Labute approximate surface area is 240 Å². The van der Waals surface area contributed by atoms with E-state index in [1.54, 1.807) is 41.7 Å². The van der Waals surface area contributed by atoms with Crippen molar-refractivity contribution in [2.24, 2.45) is 0 Å². The number of ketones is 1. The second-order valence-electron chi connectivity index (χ2n) is 9.44. The van der Waals surface area contributed by atoms with Gasteiger partial charge in [-0.1, -0.05) is 36.4 Å². The highest BCUT2D eigenvalue weighted by atomic mass is 127. The number of ether oxygens (including phenoxy) is 1. The molecule has 0 spiro atoms. The van der Waals surface area contributed by atoms with Gasteiger partial charge in [0, 0.05) is 34.6 Å². The van der Waals surface area contributed by atoms with Gasteiger partial charge in [0.25, 0.3) is 11.7 Å². The molecule has 1 unspecified atom stereocenters. The normalized spacial score (nSPS) is 16.6. The second-order valence-corrected chi connectivity index (χ2v) is 10.7. The molecular formula is C31H28IN3O4. The van der Waals surface area contributed by atoms with E-state index in [9.17, 15) is 14.7 Å². The number of amides is 1. The van der Waals surface area contributed by atoms with E-state index in [0.717, 1.165) is 20.3 Å². The van der Waals surface area contributed by atoms with Crippen molar-refractivity contribution < 1.29 is 19.4 Å². The number of Topliss-reactive ketones (excluding diaryl/α,β-unsaturated/α-hetero) is 1. The Kier molecular flexibility index (Phi) is 8.11. The summed E-state index contributed by atoms with van der Waals surface area (Å²) in [6, 6.07) is 21.9. The summed E-state index contributed by atoms with van der Waals surface area (Å²) >= 11 is 2.22. The number of benzene rings is 3. The molecule has 1 atom stereocenters. The lowest BCUT2D eigenvalue weighted by atomic mass is 9.95. The number of hydrogen-bond donors (Lipinski definition) is 1. The molecule has 1 aliphatic heterocycles. The van der Waals surface area contributed by atoms with Crippen LogP contribution >= 0.6 is 22.6 Å². The van der Waals surface area contributed by atoms with E-state index in [2.05, 4.69) is 27.6 Å². The van der Waals surface area contributed by atoms with E-state index >= 15 is 0 Å². The summed E-state index contributed by atoms with van der Waals surface area (Å²) < 4.78 is 8.90. The molecule has 3 aromatic carbocycles. The molecule has 1 N–H and O–H groups in total. The van der Waals surface area contributed by atoms with Crippen LogP contribution in [0.4, 0.5) is 0 Å². The van der Waals surface area contributed by atoms with Crippen molar-refractivity contribution in [3.05, 3.63) is 123 Å². The first-order valence-corrected chi connectivity index (χ1v) is 13.8. The summed E-state index contributed by atoms with van der Waals surface area (Å²) in [4.78, 5) is 32.1. The highest BCUT2D eigenvalue weighted by Crippen LogP contribution is 2.39. The number of nitrogens with zero attached hydrogens (tertiary/aromatic N) is 3. The van der Waals surface area contributed by atoms with Crippen molar-refractivity contribution in [1.29, 1.82) is 0 Å². The maximum Gasteiger partial charge on any atom is 0.295 e. The van der Waals surface area contributed by atoms with Crippen molar-refractivity contribution in [2.75, 3.05) is 6.54 Å². The molecular weight excluding hydrogens is 605 g/mol. The van der Waals surface area contributed by atoms with Crippen LogP contribution in [0.1, 0.15) is 34.7 Å². The van der Waals surface area contributed by atoms with Crippen molar-refractivity contribution >= 4 is 40.0 Å². The number of likely N-dealkylation sites (tertiary alicyclic amines) is 1. The molecule has 4 aromatic rings. The third kappa shape index (κ3) is 5.90. The van der Waals surface area contributed by atoms with Crippen LogP contribution in [0.2, 0.25) is 0 Å². The molecule has 7 nitrogen and oxygen atoms in total. The van der Waals surface area contributed by atoms with Crippen LogP contribution in [-0.4, -0.2) is 37.8 Å². The Hall–Kier alpha value is -3.92. The van der Waals surface area contributed by atoms with E-state index in [0.29, 0.717) is 37.4 Å². The number of aryl methyl sites for hydroxylation is 2. The zero-order valence-electron chi connectivity index (χ0n) is 21.5. The van der Waals surface area contributed by atoms with Crippen molar-refractivity contribution in [2.45, 2.75) is 32.5 Å². The van der Waals surface area contributed by atoms with Gasteiger partial charge >= 0.3 is 0 Å². The largest absolute Gasteiger partial charge is 0.507 e.